The largest absolute Gasteiger partial charge is 0.435 e. The SMILES string of the molecule is CN(CCCl)C(=O)c1cccc(OC(F)F)c1. The number of amides is 1. The van der Waals surface area contributed by atoms with Crippen LogP contribution in [-0.4, -0.2) is 36.9 Å². The van der Waals surface area contributed by atoms with Crippen LogP contribution in [0, 0.1) is 0 Å². The van der Waals surface area contributed by atoms with Crippen LogP contribution in [0.1, 0.15) is 10.4 Å². The molecule has 0 aliphatic carbocycles. The molecule has 3 nitrogen and oxygen atoms in total. The molecule has 94 valence electrons. The van der Waals surface area contributed by atoms with Crippen LogP contribution in [0.2, 0.25) is 0 Å². The van der Waals surface area contributed by atoms with Crippen LogP contribution in [-0.2, 0) is 0 Å². The van der Waals surface area contributed by atoms with Crippen LogP contribution in [0.3, 0.4) is 0 Å². The first-order chi connectivity index (χ1) is 8.04. The number of rotatable bonds is 5. The molecule has 0 saturated heterocycles. The third-order valence-electron chi connectivity index (χ3n) is 2.07. The van der Waals surface area contributed by atoms with Gasteiger partial charge in [0.15, 0.2) is 0 Å². The minimum absolute atomic E-state index is 0.0369. The van der Waals surface area contributed by atoms with E-state index >= 15 is 0 Å². The molecular formula is C11H12ClF2NO2. The second-order valence-corrected chi connectivity index (χ2v) is 3.70. The maximum Gasteiger partial charge on any atom is 0.387 e. The molecule has 0 saturated carbocycles. The summed E-state index contributed by atoms with van der Waals surface area (Å²) in [4.78, 5) is 13.2. The molecule has 1 rings (SSSR count). The summed E-state index contributed by atoms with van der Waals surface area (Å²) >= 11 is 5.51. The van der Waals surface area contributed by atoms with Crippen LogP contribution >= 0.6 is 11.6 Å². The molecule has 0 N–H and O–H groups in total. The van der Waals surface area contributed by atoms with Crippen molar-refractivity contribution in [2.75, 3.05) is 19.5 Å². The Balaban J connectivity index is 2.80. The summed E-state index contributed by atoms with van der Waals surface area (Å²) in [5, 5.41) is 0. The predicted molar refractivity (Wildman–Crippen MR) is 60.8 cm³/mol. The van der Waals surface area contributed by atoms with E-state index in [-0.39, 0.29) is 17.2 Å². The van der Waals surface area contributed by atoms with Crippen LogP contribution in [0.5, 0.6) is 5.75 Å². The molecule has 0 atom stereocenters. The van der Waals surface area contributed by atoms with Gasteiger partial charge in [-0.1, -0.05) is 6.07 Å². The van der Waals surface area contributed by atoms with Gasteiger partial charge in [-0.05, 0) is 18.2 Å². The Labute approximate surface area is 103 Å². The predicted octanol–water partition coefficient (Wildman–Crippen LogP) is 2.60. The summed E-state index contributed by atoms with van der Waals surface area (Å²) in [6.07, 6.45) is 0. The number of carbonyl (C=O) groups is 1. The monoisotopic (exact) mass is 263 g/mol. The number of carbonyl (C=O) groups excluding carboxylic acids is 1. The van der Waals surface area contributed by atoms with E-state index in [1.165, 1.54) is 29.2 Å². The fourth-order valence-corrected chi connectivity index (χ4v) is 1.51. The number of hydrogen-bond acceptors (Lipinski definition) is 2. The lowest BCUT2D eigenvalue weighted by atomic mass is 10.2. The Bertz CT molecular complexity index is 387. The van der Waals surface area contributed by atoms with Gasteiger partial charge in [0.1, 0.15) is 5.75 Å². The fraction of sp³-hybridized carbons (Fsp3) is 0.364. The van der Waals surface area contributed by atoms with Gasteiger partial charge in [-0.25, -0.2) is 0 Å². The molecule has 1 aromatic carbocycles. The highest BCUT2D eigenvalue weighted by molar-refractivity contribution is 6.18. The van der Waals surface area contributed by atoms with Crippen LogP contribution in [0.4, 0.5) is 8.78 Å². The van der Waals surface area contributed by atoms with Crippen molar-refractivity contribution < 1.29 is 18.3 Å². The van der Waals surface area contributed by atoms with Crippen molar-refractivity contribution in [1.29, 1.82) is 0 Å². The summed E-state index contributed by atoms with van der Waals surface area (Å²) in [7, 11) is 1.59. The van der Waals surface area contributed by atoms with Gasteiger partial charge in [-0.15, -0.1) is 11.6 Å². The van der Waals surface area contributed by atoms with Crippen molar-refractivity contribution in [3.05, 3.63) is 29.8 Å². The number of halogens is 3. The normalized spacial score (nSPS) is 10.4. The zero-order valence-corrected chi connectivity index (χ0v) is 9.95. The molecule has 1 aromatic rings. The van der Waals surface area contributed by atoms with E-state index in [1.807, 2.05) is 0 Å². The average Bonchev–Trinajstić information content (AvgIpc) is 2.28. The van der Waals surface area contributed by atoms with Gasteiger partial charge in [0.2, 0.25) is 0 Å². The number of ether oxygens (including phenoxy) is 1. The minimum atomic E-state index is -2.90. The molecule has 0 spiro atoms. The van der Waals surface area contributed by atoms with Crippen molar-refractivity contribution in [3.63, 3.8) is 0 Å². The van der Waals surface area contributed by atoms with E-state index in [0.717, 1.165) is 0 Å². The van der Waals surface area contributed by atoms with Gasteiger partial charge in [-0.3, -0.25) is 4.79 Å². The maximum absolute atomic E-state index is 12.0. The van der Waals surface area contributed by atoms with Gasteiger partial charge < -0.3 is 9.64 Å². The fourth-order valence-electron chi connectivity index (χ4n) is 1.25. The molecular weight excluding hydrogens is 252 g/mol. The van der Waals surface area contributed by atoms with Crippen molar-refractivity contribution in [2.24, 2.45) is 0 Å². The summed E-state index contributed by atoms with van der Waals surface area (Å²) in [5.74, 6) is -0.00868. The zero-order chi connectivity index (χ0) is 12.8. The number of hydrogen-bond donors (Lipinski definition) is 0. The van der Waals surface area contributed by atoms with Crippen molar-refractivity contribution in [3.8, 4) is 5.75 Å². The molecule has 0 bridgehead atoms. The van der Waals surface area contributed by atoms with Gasteiger partial charge in [-0.2, -0.15) is 8.78 Å². The first kappa shape index (κ1) is 13.7. The third kappa shape index (κ3) is 4.19. The molecule has 6 heteroatoms. The summed E-state index contributed by atoms with van der Waals surface area (Å²) in [5.41, 5.74) is 0.288. The zero-order valence-electron chi connectivity index (χ0n) is 9.20. The smallest absolute Gasteiger partial charge is 0.387 e. The molecule has 0 aliphatic rings. The maximum atomic E-state index is 12.0. The van der Waals surface area contributed by atoms with E-state index in [2.05, 4.69) is 4.74 Å². The topological polar surface area (TPSA) is 29.5 Å². The highest BCUT2D eigenvalue weighted by Crippen LogP contribution is 2.16. The Morgan fingerprint density at radius 2 is 2.24 bits per heavy atom. The molecule has 17 heavy (non-hydrogen) atoms. The Hall–Kier alpha value is -1.36. The Morgan fingerprint density at radius 3 is 2.82 bits per heavy atom. The quantitative estimate of drug-likeness (QED) is 0.764. The van der Waals surface area contributed by atoms with Gasteiger partial charge in [0.05, 0.1) is 0 Å². The molecule has 0 radical (unpaired) electrons. The Morgan fingerprint density at radius 1 is 1.53 bits per heavy atom. The van der Waals surface area contributed by atoms with Crippen molar-refractivity contribution in [2.45, 2.75) is 6.61 Å². The number of benzene rings is 1. The first-order valence-corrected chi connectivity index (χ1v) is 5.44. The highest BCUT2D eigenvalue weighted by Gasteiger charge is 2.12. The minimum Gasteiger partial charge on any atom is -0.435 e. The summed E-state index contributed by atoms with van der Waals surface area (Å²) < 4.78 is 28.2. The number of alkyl halides is 3. The first-order valence-electron chi connectivity index (χ1n) is 4.91. The molecule has 1 amide bonds. The van der Waals surface area contributed by atoms with E-state index in [4.69, 9.17) is 11.6 Å². The van der Waals surface area contributed by atoms with Crippen LogP contribution < -0.4 is 4.74 Å². The second-order valence-electron chi connectivity index (χ2n) is 3.32. The van der Waals surface area contributed by atoms with Crippen molar-refractivity contribution >= 4 is 17.5 Å². The van der Waals surface area contributed by atoms with Crippen LogP contribution in [0.15, 0.2) is 24.3 Å². The standard InChI is InChI=1S/C11H12ClF2NO2/c1-15(6-5-12)10(16)8-3-2-4-9(7-8)17-11(13)14/h2-4,7,11H,5-6H2,1H3. The van der Waals surface area contributed by atoms with E-state index in [1.54, 1.807) is 7.05 Å². The van der Waals surface area contributed by atoms with E-state index < -0.39 is 6.61 Å². The molecule has 0 fully saturated rings. The molecule has 0 aromatic heterocycles. The Kier molecular flexibility index (Phi) is 5.15. The molecule has 0 heterocycles. The summed E-state index contributed by atoms with van der Waals surface area (Å²) in [6.45, 7) is -2.51. The van der Waals surface area contributed by atoms with E-state index in [9.17, 15) is 13.6 Å². The second kappa shape index (κ2) is 6.39. The molecule has 0 unspecified atom stereocenters. The summed E-state index contributed by atoms with van der Waals surface area (Å²) in [6, 6.07) is 5.66. The van der Waals surface area contributed by atoms with E-state index in [0.29, 0.717) is 12.4 Å². The third-order valence-corrected chi connectivity index (χ3v) is 2.24. The van der Waals surface area contributed by atoms with Crippen LogP contribution in [0.25, 0.3) is 0 Å². The van der Waals surface area contributed by atoms with Crippen molar-refractivity contribution in [1.82, 2.24) is 4.90 Å². The lowest BCUT2D eigenvalue weighted by Crippen LogP contribution is -2.28. The van der Waals surface area contributed by atoms with Gasteiger partial charge in [0, 0.05) is 25.0 Å². The van der Waals surface area contributed by atoms with Gasteiger partial charge >= 0.3 is 6.61 Å². The average molecular weight is 264 g/mol. The van der Waals surface area contributed by atoms with Gasteiger partial charge in [0.25, 0.3) is 5.91 Å². The number of nitrogens with zero attached hydrogens (tertiary/aromatic N) is 1. The lowest BCUT2D eigenvalue weighted by Gasteiger charge is -2.16. The lowest BCUT2D eigenvalue weighted by molar-refractivity contribution is -0.0498. The molecule has 0 aliphatic heterocycles. The highest BCUT2D eigenvalue weighted by atomic mass is 35.5.